The fraction of sp³-hybridized carbons (Fsp3) is 0.857. The number of carbonyl (C=O) groups excluding carboxylic acids is 1. The minimum absolute atomic E-state index is 0.0830. The molecule has 2 heterocycles. The first-order chi connectivity index (χ1) is 9.52. The molecule has 0 radical (unpaired) electrons. The van der Waals surface area contributed by atoms with Crippen molar-refractivity contribution in [2.75, 3.05) is 19.8 Å². The lowest BCUT2D eigenvalue weighted by Gasteiger charge is -2.26. The van der Waals surface area contributed by atoms with Crippen LogP contribution < -0.4 is 10.6 Å². The molecule has 3 atom stereocenters. The predicted octanol–water partition coefficient (Wildman–Crippen LogP) is 0.515. The lowest BCUT2D eigenvalue weighted by Crippen LogP contribution is -2.49. The van der Waals surface area contributed by atoms with E-state index in [0.717, 1.165) is 19.4 Å². The summed E-state index contributed by atoms with van der Waals surface area (Å²) in [5.41, 5.74) is -1.02. The van der Waals surface area contributed by atoms with Crippen molar-refractivity contribution in [3.05, 3.63) is 0 Å². The van der Waals surface area contributed by atoms with Crippen molar-refractivity contribution in [3.8, 4) is 0 Å². The second-order valence-electron chi connectivity index (χ2n) is 6.04. The molecule has 0 aliphatic carbocycles. The molecule has 2 saturated heterocycles. The van der Waals surface area contributed by atoms with Crippen LogP contribution in [0.2, 0.25) is 0 Å². The van der Waals surface area contributed by atoms with Crippen LogP contribution in [0.1, 0.15) is 39.0 Å². The Morgan fingerprint density at radius 2 is 2.25 bits per heavy atom. The van der Waals surface area contributed by atoms with Gasteiger partial charge < -0.3 is 20.5 Å². The maximum absolute atomic E-state index is 12.0. The molecule has 2 rings (SSSR count). The quantitative estimate of drug-likeness (QED) is 0.685. The Balaban J connectivity index is 1.77. The molecule has 6 heteroatoms. The van der Waals surface area contributed by atoms with Crippen LogP contribution in [0, 0.1) is 5.41 Å². The molecule has 2 fully saturated rings. The molecule has 3 unspecified atom stereocenters. The van der Waals surface area contributed by atoms with E-state index in [0.29, 0.717) is 12.5 Å². The Morgan fingerprint density at radius 3 is 2.90 bits per heavy atom. The first-order valence-corrected chi connectivity index (χ1v) is 7.36. The number of amides is 1. The molecule has 0 bridgehead atoms. The van der Waals surface area contributed by atoms with Crippen molar-refractivity contribution in [2.24, 2.45) is 5.41 Å². The number of rotatable bonds is 5. The van der Waals surface area contributed by atoms with Gasteiger partial charge in [0.2, 0.25) is 5.91 Å². The van der Waals surface area contributed by atoms with Gasteiger partial charge in [0, 0.05) is 12.5 Å². The molecule has 6 nitrogen and oxygen atoms in total. The van der Waals surface area contributed by atoms with E-state index in [1.54, 1.807) is 6.92 Å². The SMILES string of the molecule is CC1(C(=O)O)COCC1NC(=O)CCC1CCCCN1. The summed E-state index contributed by atoms with van der Waals surface area (Å²) < 4.78 is 5.22. The molecular formula is C14H24N2O4. The summed E-state index contributed by atoms with van der Waals surface area (Å²) in [5, 5.41) is 15.5. The van der Waals surface area contributed by atoms with Gasteiger partial charge >= 0.3 is 5.97 Å². The third kappa shape index (κ3) is 3.49. The smallest absolute Gasteiger partial charge is 0.313 e. The third-order valence-electron chi connectivity index (χ3n) is 4.41. The summed E-state index contributed by atoms with van der Waals surface area (Å²) in [6.07, 6.45) is 4.78. The zero-order valence-corrected chi connectivity index (χ0v) is 12.0. The number of piperidine rings is 1. The number of carbonyl (C=O) groups is 2. The molecule has 0 aromatic rings. The largest absolute Gasteiger partial charge is 0.481 e. The van der Waals surface area contributed by atoms with E-state index in [2.05, 4.69) is 10.6 Å². The summed E-state index contributed by atoms with van der Waals surface area (Å²) >= 11 is 0. The molecule has 3 N–H and O–H groups in total. The lowest BCUT2D eigenvalue weighted by atomic mass is 9.85. The molecule has 0 aromatic heterocycles. The highest BCUT2D eigenvalue weighted by atomic mass is 16.5. The maximum atomic E-state index is 12.0. The van der Waals surface area contributed by atoms with Crippen LogP contribution in [0.5, 0.6) is 0 Å². The molecule has 0 saturated carbocycles. The van der Waals surface area contributed by atoms with E-state index >= 15 is 0 Å². The highest BCUT2D eigenvalue weighted by Crippen LogP contribution is 2.28. The Morgan fingerprint density at radius 1 is 1.45 bits per heavy atom. The van der Waals surface area contributed by atoms with E-state index in [1.165, 1.54) is 12.8 Å². The van der Waals surface area contributed by atoms with Crippen LogP contribution in [-0.4, -0.2) is 48.8 Å². The molecular weight excluding hydrogens is 260 g/mol. The average molecular weight is 284 g/mol. The van der Waals surface area contributed by atoms with Gasteiger partial charge in [-0.05, 0) is 32.7 Å². The Kier molecular flexibility index (Phi) is 4.99. The van der Waals surface area contributed by atoms with Gasteiger partial charge in [0.25, 0.3) is 0 Å². The van der Waals surface area contributed by atoms with Crippen LogP contribution in [0.4, 0.5) is 0 Å². The van der Waals surface area contributed by atoms with Gasteiger partial charge in [-0.25, -0.2) is 0 Å². The van der Waals surface area contributed by atoms with Crippen LogP contribution >= 0.6 is 0 Å². The molecule has 2 aliphatic heterocycles. The standard InChI is InChI=1S/C14H24N2O4/c1-14(13(18)19)9-20-8-11(14)16-12(17)6-5-10-4-2-3-7-15-10/h10-11,15H,2-9H2,1H3,(H,16,17)(H,18,19). The Bertz CT molecular complexity index is 368. The highest BCUT2D eigenvalue weighted by molar-refractivity contribution is 5.80. The van der Waals surface area contributed by atoms with Crippen LogP contribution in [0.3, 0.4) is 0 Å². The second kappa shape index (κ2) is 6.54. The van der Waals surface area contributed by atoms with Crippen molar-refractivity contribution in [1.82, 2.24) is 10.6 Å². The van der Waals surface area contributed by atoms with E-state index in [4.69, 9.17) is 4.74 Å². The normalized spacial score (nSPS) is 33.9. The van der Waals surface area contributed by atoms with Crippen LogP contribution in [0.15, 0.2) is 0 Å². The molecule has 2 aliphatic rings. The van der Waals surface area contributed by atoms with Gasteiger partial charge in [0.05, 0.1) is 19.3 Å². The summed E-state index contributed by atoms with van der Waals surface area (Å²) in [7, 11) is 0. The minimum atomic E-state index is -1.02. The fourth-order valence-electron chi connectivity index (χ4n) is 2.83. The second-order valence-corrected chi connectivity index (χ2v) is 6.04. The zero-order chi connectivity index (χ0) is 14.6. The average Bonchev–Trinajstić information content (AvgIpc) is 2.80. The zero-order valence-electron chi connectivity index (χ0n) is 12.0. The van der Waals surface area contributed by atoms with Gasteiger partial charge in [-0.1, -0.05) is 6.42 Å². The Labute approximate surface area is 119 Å². The lowest BCUT2D eigenvalue weighted by molar-refractivity contribution is -0.149. The molecule has 0 aromatic carbocycles. The van der Waals surface area contributed by atoms with Gasteiger partial charge in [-0.2, -0.15) is 0 Å². The van der Waals surface area contributed by atoms with Gasteiger partial charge in [-0.3, -0.25) is 9.59 Å². The summed E-state index contributed by atoms with van der Waals surface area (Å²) in [4.78, 5) is 23.2. The summed E-state index contributed by atoms with van der Waals surface area (Å²) in [5.74, 6) is -1.01. The van der Waals surface area contributed by atoms with Crippen molar-refractivity contribution >= 4 is 11.9 Å². The van der Waals surface area contributed by atoms with Crippen molar-refractivity contribution in [1.29, 1.82) is 0 Å². The maximum Gasteiger partial charge on any atom is 0.313 e. The first kappa shape index (κ1) is 15.3. The number of aliphatic carboxylic acids is 1. The summed E-state index contributed by atoms with van der Waals surface area (Å²) in [6, 6.07) is -0.0213. The highest BCUT2D eigenvalue weighted by Gasteiger charge is 2.47. The molecule has 1 amide bonds. The van der Waals surface area contributed by atoms with Crippen LogP contribution in [-0.2, 0) is 14.3 Å². The number of hydrogen-bond acceptors (Lipinski definition) is 4. The van der Waals surface area contributed by atoms with Crippen LogP contribution in [0.25, 0.3) is 0 Å². The van der Waals surface area contributed by atoms with Crippen molar-refractivity contribution in [2.45, 2.75) is 51.1 Å². The fourth-order valence-corrected chi connectivity index (χ4v) is 2.83. The van der Waals surface area contributed by atoms with Gasteiger partial charge in [-0.15, -0.1) is 0 Å². The molecule has 0 spiro atoms. The van der Waals surface area contributed by atoms with Crippen molar-refractivity contribution < 1.29 is 19.4 Å². The number of ether oxygens (including phenoxy) is 1. The predicted molar refractivity (Wildman–Crippen MR) is 73.4 cm³/mol. The van der Waals surface area contributed by atoms with E-state index in [9.17, 15) is 14.7 Å². The van der Waals surface area contributed by atoms with Crippen molar-refractivity contribution in [3.63, 3.8) is 0 Å². The molecule has 114 valence electrons. The number of hydrogen-bond donors (Lipinski definition) is 3. The molecule has 20 heavy (non-hydrogen) atoms. The van der Waals surface area contributed by atoms with Gasteiger partial charge in [0.1, 0.15) is 5.41 Å². The first-order valence-electron chi connectivity index (χ1n) is 7.36. The minimum Gasteiger partial charge on any atom is -0.481 e. The summed E-state index contributed by atoms with van der Waals surface area (Å²) in [6.45, 7) is 3.07. The number of nitrogens with one attached hydrogen (secondary N) is 2. The van der Waals surface area contributed by atoms with E-state index in [-0.39, 0.29) is 19.1 Å². The number of carboxylic acid groups (broad SMARTS) is 1. The Hall–Kier alpha value is -1.14. The van der Waals surface area contributed by atoms with Gasteiger partial charge in [0.15, 0.2) is 0 Å². The topological polar surface area (TPSA) is 87.7 Å². The third-order valence-corrected chi connectivity index (χ3v) is 4.41. The van der Waals surface area contributed by atoms with E-state index in [1.807, 2.05) is 0 Å². The van der Waals surface area contributed by atoms with E-state index < -0.39 is 17.4 Å². The number of carboxylic acids is 1. The monoisotopic (exact) mass is 284 g/mol.